The molecule has 1 aromatic rings. The second-order valence-electron chi connectivity index (χ2n) is 4.06. The molecule has 1 heterocycles. The van der Waals surface area contributed by atoms with Crippen LogP contribution >= 0.6 is 0 Å². The van der Waals surface area contributed by atoms with Gasteiger partial charge in [-0.25, -0.2) is 8.78 Å². The van der Waals surface area contributed by atoms with E-state index in [-0.39, 0.29) is 0 Å². The lowest BCUT2D eigenvalue weighted by Gasteiger charge is -2.35. The topological polar surface area (TPSA) is 29.3 Å². The molecule has 2 rings (SSSR count). The molecule has 0 amide bonds. The van der Waals surface area contributed by atoms with Gasteiger partial charge in [-0.2, -0.15) is 0 Å². The van der Waals surface area contributed by atoms with Crippen molar-refractivity contribution >= 4 is 5.69 Å². The van der Waals surface area contributed by atoms with Crippen molar-refractivity contribution in [1.29, 1.82) is 0 Å². The lowest BCUT2D eigenvalue weighted by molar-refractivity contribution is 0.109. The molecule has 1 aliphatic heterocycles. The van der Waals surface area contributed by atoms with E-state index in [1.54, 1.807) is 6.07 Å². The third-order valence-corrected chi connectivity index (χ3v) is 3.09. The van der Waals surface area contributed by atoms with Gasteiger partial charge in [0.25, 0.3) is 0 Å². The smallest absolute Gasteiger partial charge is 0.245 e. The largest absolute Gasteiger partial charge is 0.370 e. The molecule has 0 aliphatic carbocycles. The molecule has 88 valence electrons. The number of fused-ring (bicyclic) bond motifs is 1. The van der Waals surface area contributed by atoms with Gasteiger partial charge in [0.15, 0.2) is 0 Å². The van der Waals surface area contributed by atoms with E-state index >= 15 is 0 Å². The van der Waals surface area contributed by atoms with Gasteiger partial charge in [0, 0.05) is 31.2 Å². The molecule has 0 radical (unpaired) electrons. The second-order valence-corrected chi connectivity index (χ2v) is 4.06. The molecule has 0 bridgehead atoms. The van der Waals surface area contributed by atoms with Gasteiger partial charge in [-0.15, -0.1) is 0 Å². The van der Waals surface area contributed by atoms with Crippen molar-refractivity contribution in [2.45, 2.75) is 18.8 Å². The van der Waals surface area contributed by atoms with E-state index in [0.29, 0.717) is 19.5 Å². The molecule has 0 saturated heterocycles. The van der Waals surface area contributed by atoms with Crippen LogP contribution in [0.25, 0.3) is 0 Å². The van der Waals surface area contributed by atoms with Gasteiger partial charge in [-0.05, 0) is 18.1 Å². The van der Waals surface area contributed by atoms with Crippen molar-refractivity contribution in [1.82, 2.24) is 0 Å². The summed E-state index contributed by atoms with van der Waals surface area (Å²) in [6.45, 7) is 1.95. The van der Waals surface area contributed by atoms with Crippen molar-refractivity contribution in [3.8, 4) is 0 Å². The molecular weight excluding hydrogens is 210 g/mol. The number of nitrogens with two attached hydrogens (primary N) is 1. The van der Waals surface area contributed by atoms with Crippen LogP contribution in [0.3, 0.4) is 0 Å². The predicted molar refractivity (Wildman–Crippen MR) is 61.1 cm³/mol. The number of halogens is 2. The number of nitrogens with zero attached hydrogens (tertiary/aromatic N) is 1. The quantitative estimate of drug-likeness (QED) is 0.856. The zero-order valence-corrected chi connectivity index (χ0v) is 9.07. The Morgan fingerprint density at radius 3 is 2.81 bits per heavy atom. The first-order valence-electron chi connectivity index (χ1n) is 5.56. The minimum atomic E-state index is -2.28. The van der Waals surface area contributed by atoms with Crippen LogP contribution < -0.4 is 10.6 Å². The molecule has 2 nitrogen and oxygen atoms in total. The second kappa shape index (κ2) is 4.78. The lowest BCUT2D eigenvalue weighted by atomic mass is 9.90. The summed E-state index contributed by atoms with van der Waals surface area (Å²) in [4.78, 5) is 2.09. The molecule has 1 atom stereocenters. The Hall–Kier alpha value is -1.16. The summed E-state index contributed by atoms with van der Waals surface area (Å²) in [5.41, 5.74) is 7.20. The summed E-state index contributed by atoms with van der Waals surface area (Å²) >= 11 is 0. The molecular formula is C12H16F2N2. The number of para-hydroxylation sites is 1. The van der Waals surface area contributed by atoms with E-state index in [9.17, 15) is 8.78 Å². The lowest BCUT2D eigenvalue weighted by Crippen LogP contribution is -2.36. The van der Waals surface area contributed by atoms with Gasteiger partial charge >= 0.3 is 0 Å². The summed E-state index contributed by atoms with van der Waals surface area (Å²) in [5.74, 6) is -0.620. The number of alkyl halides is 2. The Morgan fingerprint density at radius 1 is 1.38 bits per heavy atom. The summed E-state index contributed by atoms with van der Waals surface area (Å²) < 4.78 is 25.7. The summed E-state index contributed by atoms with van der Waals surface area (Å²) in [6.07, 6.45) is -1.77. The molecule has 0 unspecified atom stereocenters. The van der Waals surface area contributed by atoms with Gasteiger partial charge in [0.1, 0.15) is 0 Å². The van der Waals surface area contributed by atoms with Crippen molar-refractivity contribution < 1.29 is 8.78 Å². The molecule has 0 aromatic heterocycles. The van der Waals surface area contributed by atoms with Gasteiger partial charge in [-0.1, -0.05) is 18.2 Å². The molecule has 0 spiro atoms. The van der Waals surface area contributed by atoms with Gasteiger partial charge in [0.05, 0.1) is 0 Å². The minimum Gasteiger partial charge on any atom is -0.370 e. The Morgan fingerprint density at radius 2 is 2.12 bits per heavy atom. The van der Waals surface area contributed by atoms with Crippen LogP contribution in [0, 0.1) is 0 Å². The van der Waals surface area contributed by atoms with E-state index in [2.05, 4.69) is 4.90 Å². The monoisotopic (exact) mass is 226 g/mol. The first-order chi connectivity index (χ1) is 7.74. The zero-order chi connectivity index (χ0) is 11.5. The van der Waals surface area contributed by atoms with E-state index < -0.39 is 12.3 Å². The maximum atomic E-state index is 12.9. The summed E-state index contributed by atoms with van der Waals surface area (Å²) in [7, 11) is 0. The van der Waals surface area contributed by atoms with E-state index in [1.165, 1.54) is 0 Å². The van der Waals surface area contributed by atoms with Crippen LogP contribution in [0.15, 0.2) is 24.3 Å². The minimum absolute atomic E-state index is 0.509. The Balaban J connectivity index is 2.32. The van der Waals surface area contributed by atoms with Gasteiger partial charge < -0.3 is 10.6 Å². The van der Waals surface area contributed by atoms with Crippen molar-refractivity contribution in [2.24, 2.45) is 5.73 Å². The van der Waals surface area contributed by atoms with Crippen molar-refractivity contribution in [3.63, 3.8) is 0 Å². The van der Waals surface area contributed by atoms with Crippen LogP contribution in [-0.2, 0) is 0 Å². The predicted octanol–water partition coefficient (Wildman–Crippen LogP) is 2.20. The Labute approximate surface area is 94.0 Å². The normalized spacial score (nSPS) is 20.0. The van der Waals surface area contributed by atoms with E-state index in [4.69, 9.17) is 5.73 Å². The molecule has 1 aromatic carbocycles. The van der Waals surface area contributed by atoms with Gasteiger partial charge in [0.2, 0.25) is 6.43 Å². The highest BCUT2D eigenvalue weighted by atomic mass is 19.3. The van der Waals surface area contributed by atoms with Crippen molar-refractivity contribution in [2.75, 3.05) is 24.5 Å². The SMILES string of the molecule is NCCN1CC[C@H](C(F)F)c2ccccc21. The average molecular weight is 226 g/mol. The molecule has 2 N–H and O–H groups in total. The highest BCUT2D eigenvalue weighted by Gasteiger charge is 2.30. The maximum absolute atomic E-state index is 12.9. The molecule has 1 aliphatic rings. The third-order valence-electron chi connectivity index (χ3n) is 3.09. The molecule has 0 saturated carbocycles. The highest BCUT2D eigenvalue weighted by molar-refractivity contribution is 5.57. The number of anilines is 1. The maximum Gasteiger partial charge on any atom is 0.245 e. The van der Waals surface area contributed by atoms with Crippen LogP contribution in [0.5, 0.6) is 0 Å². The zero-order valence-electron chi connectivity index (χ0n) is 9.07. The highest BCUT2D eigenvalue weighted by Crippen LogP contribution is 2.38. The third kappa shape index (κ3) is 2.02. The first kappa shape index (κ1) is 11.3. The number of hydrogen-bond donors (Lipinski definition) is 1. The fourth-order valence-electron chi connectivity index (χ4n) is 2.31. The summed E-state index contributed by atoms with van der Waals surface area (Å²) in [6, 6.07) is 7.41. The van der Waals surface area contributed by atoms with Crippen LogP contribution in [0.1, 0.15) is 17.9 Å². The fourth-order valence-corrected chi connectivity index (χ4v) is 2.31. The summed E-state index contributed by atoms with van der Waals surface area (Å²) in [5, 5.41) is 0. The number of rotatable bonds is 3. The number of benzene rings is 1. The van der Waals surface area contributed by atoms with Crippen molar-refractivity contribution in [3.05, 3.63) is 29.8 Å². The van der Waals surface area contributed by atoms with Crippen LogP contribution in [-0.4, -0.2) is 26.1 Å². The molecule has 4 heteroatoms. The molecule has 16 heavy (non-hydrogen) atoms. The first-order valence-corrected chi connectivity index (χ1v) is 5.56. The molecule has 0 fully saturated rings. The number of hydrogen-bond acceptors (Lipinski definition) is 2. The average Bonchev–Trinajstić information content (AvgIpc) is 2.29. The van der Waals surface area contributed by atoms with Gasteiger partial charge in [-0.3, -0.25) is 0 Å². The van der Waals surface area contributed by atoms with Crippen LogP contribution in [0.2, 0.25) is 0 Å². The Bertz CT molecular complexity index is 355. The standard InChI is InChI=1S/C12H16F2N2/c13-12(14)10-5-7-16(8-6-15)11-4-2-1-3-9(10)11/h1-4,10,12H,5-8,15H2/t10-/m0/s1. The van der Waals surface area contributed by atoms with E-state index in [0.717, 1.165) is 17.8 Å². The van der Waals surface area contributed by atoms with Crippen LogP contribution in [0.4, 0.5) is 14.5 Å². The van der Waals surface area contributed by atoms with E-state index in [1.807, 2.05) is 18.2 Å². The Kier molecular flexibility index (Phi) is 3.39. The fraction of sp³-hybridized carbons (Fsp3) is 0.500.